The molecule has 1 aliphatic rings. The van der Waals surface area contributed by atoms with Crippen molar-refractivity contribution in [3.63, 3.8) is 0 Å². The Morgan fingerprint density at radius 3 is 2.83 bits per heavy atom. The molecule has 0 radical (unpaired) electrons. The fourth-order valence-corrected chi connectivity index (χ4v) is 1.97. The molecule has 0 fully saturated rings. The Kier molecular flexibility index (Phi) is 4.99. The summed E-state index contributed by atoms with van der Waals surface area (Å²) in [5.74, 6) is 0. The van der Waals surface area contributed by atoms with Gasteiger partial charge in [0.2, 0.25) is 0 Å². The molecule has 2 rings (SSSR count). The number of pyridine rings is 1. The highest BCUT2D eigenvalue weighted by atomic mass is 19.4. The number of carbonyl (C=O) groups is 1. The second-order valence-electron chi connectivity index (χ2n) is 4.67. The lowest BCUT2D eigenvalue weighted by atomic mass is 10.0. The molecular formula is C14H14F3N3O3. The number of amides is 1. The summed E-state index contributed by atoms with van der Waals surface area (Å²) in [6, 6.07) is 0.926. The molecule has 124 valence electrons. The zero-order chi connectivity index (χ0) is 17.0. The van der Waals surface area contributed by atoms with E-state index < -0.39 is 23.9 Å². The third-order valence-electron chi connectivity index (χ3n) is 2.99. The third-order valence-corrected chi connectivity index (χ3v) is 2.99. The predicted octanol–water partition coefficient (Wildman–Crippen LogP) is 2.59. The van der Waals surface area contributed by atoms with E-state index in [1.807, 2.05) is 0 Å². The minimum atomic E-state index is -4.58. The van der Waals surface area contributed by atoms with E-state index in [0.717, 1.165) is 6.07 Å². The number of hydrogen-bond donors (Lipinski definition) is 1. The van der Waals surface area contributed by atoms with Crippen LogP contribution in [0.2, 0.25) is 0 Å². The molecule has 0 spiro atoms. The molecule has 0 aromatic carbocycles. The lowest BCUT2D eigenvalue weighted by Gasteiger charge is -2.21. The molecule has 0 saturated heterocycles. The van der Waals surface area contributed by atoms with Crippen LogP contribution < -0.4 is 5.43 Å². The van der Waals surface area contributed by atoms with Crippen molar-refractivity contribution in [1.29, 1.82) is 0 Å². The van der Waals surface area contributed by atoms with Gasteiger partial charge in [0.25, 0.3) is 0 Å². The molecule has 1 atom stereocenters. The number of nitrogens with zero attached hydrogens (tertiary/aromatic N) is 2. The van der Waals surface area contributed by atoms with Crippen LogP contribution in [-0.2, 0) is 15.7 Å². The van der Waals surface area contributed by atoms with Crippen LogP contribution in [0.1, 0.15) is 23.7 Å². The largest absolute Gasteiger partial charge is 0.439 e. The Bertz CT molecular complexity index is 656. The SMILES string of the molecule is COC/C=C/c1ncc(C2=NNC(=O)OC2C)cc1C(F)(F)F. The van der Waals surface area contributed by atoms with Gasteiger partial charge in [-0.1, -0.05) is 6.08 Å². The number of halogens is 3. The number of alkyl halides is 3. The fraction of sp³-hybridized carbons (Fsp3) is 0.357. The third kappa shape index (κ3) is 4.07. The molecule has 2 heterocycles. The van der Waals surface area contributed by atoms with Gasteiger partial charge in [0.05, 0.1) is 17.9 Å². The lowest BCUT2D eigenvalue weighted by Crippen LogP contribution is -2.37. The van der Waals surface area contributed by atoms with Gasteiger partial charge in [0.1, 0.15) is 11.8 Å². The normalized spacial score (nSPS) is 18.6. The molecule has 6 nitrogen and oxygen atoms in total. The van der Waals surface area contributed by atoms with Crippen LogP contribution in [0, 0.1) is 0 Å². The summed E-state index contributed by atoms with van der Waals surface area (Å²) in [4.78, 5) is 14.9. The predicted molar refractivity (Wildman–Crippen MR) is 75.8 cm³/mol. The number of cyclic esters (lactones) is 1. The Hall–Kier alpha value is -2.42. The molecule has 23 heavy (non-hydrogen) atoms. The second-order valence-corrected chi connectivity index (χ2v) is 4.67. The number of aromatic nitrogens is 1. The molecule has 9 heteroatoms. The average Bonchev–Trinajstić information content (AvgIpc) is 2.47. The first-order valence-corrected chi connectivity index (χ1v) is 6.60. The first-order chi connectivity index (χ1) is 10.8. The van der Waals surface area contributed by atoms with Crippen molar-refractivity contribution in [3.05, 3.63) is 35.2 Å². The van der Waals surface area contributed by atoms with Gasteiger partial charge < -0.3 is 9.47 Å². The fourth-order valence-electron chi connectivity index (χ4n) is 1.97. The summed E-state index contributed by atoms with van der Waals surface area (Å²) in [7, 11) is 1.43. The van der Waals surface area contributed by atoms with Gasteiger partial charge in [0.15, 0.2) is 0 Å². The van der Waals surface area contributed by atoms with Gasteiger partial charge in [-0.25, -0.2) is 10.2 Å². The summed E-state index contributed by atoms with van der Waals surface area (Å²) in [6.07, 6.45) is -2.20. The summed E-state index contributed by atoms with van der Waals surface area (Å²) in [6.45, 7) is 1.68. The average molecular weight is 329 g/mol. The minimum Gasteiger partial charge on any atom is -0.439 e. The summed E-state index contributed by atoms with van der Waals surface area (Å²) in [5.41, 5.74) is 1.21. The van der Waals surface area contributed by atoms with Crippen molar-refractivity contribution in [3.8, 4) is 0 Å². The van der Waals surface area contributed by atoms with E-state index in [2.05, 4.69) is 15.5 Å². The Morgan fingerprint density at radius 1 is 1.48 bits per heavy atom. The van der Waals surface area contributed by atoms with Gasteiger partial charge in [-0.3, -0.25) is 4.98 Å². The topological polar surface area (TPSA) is 72.8 Å². The summed E-state index contributed by atoms with van der Waals surface area (Å²) < 4.78 is 49.3. The molecule has 0 saturated carbocycles. The van der Waals surface area contributed by atoms with Crippen molar-refractivity contribution in [2.24, 2.45) is 5.10 Å². The molecule has 0 aliphatic carbocycles. The maximum atomic E-state index is 13.2. The highest BCUT2D eigenvalue weighted by molar-refractivity contribution is 6.05. The van der Waals surface area contributed by atoms with Crippen LogP contribution in [-0.4, -0.2) is 36.6 Å². The van der Waals surface area contributed by atoms with Crippen molar-refractivity contribution in [1.82, 2.24) is 10.4 Å². The molecule has 1 amide bonds. The molecule has 1 aliphatic heterocycles. The van der Waals surface area contributed by atoms with Crippen molar-refractivity contribution in [2.75, 3.05) is 13.7 Å². The number of hydrazone groups is 1. The number of carbonyl (C=O) groups excluding carboxylic acids is 1. The van der Waals surface area contributed by atoms with Gasteiger partial charge in [-0.2, -0.15) is 18.3 Å². The van der Waals surface area contributed by atoms with Crippen LogP contribution in [0.15, 0.2) is 23.4 Å². The van der Waals surface area contributed by atoms with Crippen LogP contribution in [0.4, 0.5) is 18.0 Å². The lowest BCUT2D eigenvalue weighted by molar-refractivity contribution is -0.138. The molecular weight excluding hydrogens is 315 g/mol. The highest BCUT2D eigenvalue weighted by Gasteiger charge is 2.35. The number of ether oxygens (including phenoxy) is 2. The van der Waals surface area contributed by atoms with E-state index in [4.69, 9.17) is 9.47 Å². The monoisotopic (exact) mass is 329 g/mol. The second kappa shape index (κ2) is 6.78. The van der Waals surface area contributed by atoms with Crippen molar-refractivity contribution < 1.29 is 27.4 Å². The van der Waals surface area contributed by atoms with E-state index in [0.29, 0.717) is 0 Å². The number of rotatable bonds is 4. The maximum Gasteiger partial charge on any atom is 0.428 e. The molecule has 1 aromatic heterocycles. The van der Waals surface area contributed by atoms with Gasteiger partial charge in [-0.15, -0.1) is 0 Å². The van der Waals surface area contributed by atoms with Gasteiger partial charge in [0, 0.05) is 18.9 Å². The summed E-state index contributed by atoms with van der Waals surface area (Å²) >= 11 is 0. The number of methoxy groups -OCH3 is 1. The van der Waals surface area contributed by atoms with E-state index in [1.165, 1.54) is 32.4 Å². The van der Waals surface area contributed by atoms with Crippen molar-refractivity contribution >= 4 is 17.9 Å². The first kappa shape index (κ1) is 16.9. The molecule has 1 N–H and O–H groups in total. The van der Waals surface area contributed by atoms with Crippen LogP contribution in [0.25, 0.3) is 6.08 Å². The van der Waals surface area contributed by atoms with E-state index in [-0.39, 0.29) is 23.6 Å². The quantitative estimate of drug-likeness (QED) is 0.921. The van der Waals surface area contributed by atoms with E-state index in [1.54, 1.807) is 0 Å². The van der Waals surface area contributed by atoms with Crippen molar-refractivity contribution in [2.45, 2.75) is 19.2 Å². The molecule has 1 unspecified atom stereocenters. The number of hydrogen-bond acceptors (Lipinski definition) is 5. The maximum absolute atomic E-state index is 13.2. The number of nitrogens with one attached hydrogen (secondary N) is 1. The van der Waals surface area contributed by atoms with Gasteiger partial charge >= 0.3 is 12.3 Å². The van der Waals surface area contributed by atoms with Crippen LogP contribution >= 0.6 is 0 Å². The van der Waals surface area contributed by atoms with Crippen LogP contribution in [0.5, 0.6) is 0 Å². The minimum absolute atomic E-state index is 0.119. The smallest absolute Gasteiger partial charge is 0.428 e. The summed E-state index contributed by atoms with van der Waals surface area (Å²) in [5, 5.41) is 3.74. The Morgan fingerprint density at radius 2 is 2.22 bits per heavy atom. The van der Waals surface area contributed by atoms with E-state index >= 15 is 0 Å². The Balaban J connectivity index is 2.42. The standard InChI is InChI=1S/C14H14F3N3O3/c1-8-12(19-20-13(21)23-8)9-6-10(14(15,16)17)11(18-7-9)4-3-5-22-2/h3-4,6-8H,5H2,1-2H3,(H,20,21)/b4-3+. The zero-order valence-corrected chi connectivity index (χ0v) is 12.3. The molecule has 1 aromatic rings. The molecule has 0 bridgehead atoms. The zero-order valence-electron chi connectivity index (χ0n) is 12.3. The Labute approximate surface area is 130 Å². The van der Waals surface area contributed by atoms with Gasteiger partial charge in [-0.05, 0) is 19.1 Å². The van der Waals surface area contributed by atoms with E-state index in [9.17, 15) is 18.0 Å². The first-order valence-electron chi connectivity index (χ1n) is 6.60. The van der Waals surface area contributed by atoms with Crippen LogP contribution in [0.3, 0.4) is 0 Å². The highest BCUT2D eigenvalue weighted by Crippen LogP contribution is 2.32.